The van der Waals surface area contributed by atoms with E-state index >= 15 is 0 Å². The molecule has 0 aromatic rings. The molecule has 2 amide bonds. The van der Waals surface area contributed by atoms with Gasteiger partial charge in [0.1, 0.15) is 0 Å². The molecule has 2 atom stereocenters. The summed E-state index contributed by atoms with van der Waals surface area (Å²) in [6.45, 7) is 0. The third kappa shape index (κ3) is 0.806. The van der Waals surface area contributed by atoms with Gasteiger partial charge in [0.2, 0.25) is 0 Å². The number of hydrogen-bond acceptors (Lipinski definition) is 6. The largest absolute Gasteiger partial charge is 0.308 e. The van der Waals surface area contributed by atoms with Gasteiger partial charge in [-0.2, -0.15) is 10.2 Å². The van der Waals surface area contributed by atoms with Crippen molar-refractivity contribution in [3.8, 4) is 0 Å². The van der Waals surface area contributed by atoms with Crippen molar-refractivity contribution in [3.63, 3.8) is 0 Å². The molecule has 74 valence electrons. The van der Waals surface area contributed by atoms with Gasteiger partial charge in [0, 0.05) is 0 Å². The maximum atomic E-state index is 11.5. The summed E-state index contributed by atoms with van der Waals surface area (Å²) in [5.41, 5.74) is 0. The van der Waals surface area contributed by atoms with Gasteiger partial charge >= 0.3 is 11.8 Å². The minimum absolute atomic E-state index is 0.506. The molecular weight excluding hydrogens is 224 g/mol. The Morgan fingerprint density at radius 2 is 1.29 bits per heavy atom. The van der Waals surface area contributed by atoms with Crippen LogP contribution in [0.25, 0.3) is 0 Å². The fourth-order valence-electron chi connectivity index (χ4n) is 1.41. The first kappa shape index (κ1) is 9.78. The van der Waals surface area contributed by atoms with Crippen molar-refractivity contribution in [2.24, 2.45) is 20.5 Å². The molecule has 0 aromatic heterocycles. The smallest absolute Gasteiger partial charge is 0.267 e. The van der Waals surface area contributed by atoms with Gasteiger partial charge in [-0.3, -0.25) is 9.59 Å². The highest BCUT2D eigenvalue weighted by Gasteiger charge is 2.70. The zero-order chi connectivity index (χ0) is 10.4. The van der Waals surface area contributed by atoms with E-state index in [-0.39, 0.29) is 0 Å². The fourth-order valence-corrected chi connectivity index (χ4v) is 3.40. The van der Waals surface area contributed by atoms with Crippen LogP contribution in [0.3, 0.4) is 0 Å². The van der Waals surface area contributed by atoms with Gasteiger partial charge in [0.25, 0.3) is 9.74 Å². The van der Waals surface area contributed by atoms with Gasteiger partial charge in [0.15, 0.2) is 0 Å². The first-order valence-corrected chi connectivity index (χ1v) is 6.13. The molecular formula is C6H6N4O2S2. The van der Waals surface area contributed by atoms with E-state index in [4.69, 9.17) is 0 Å². The zero-order valence-electron chi connectivity index (χ0n) is 7.42. The Hall–Kier alpha value is -0.760. The van der Waals surface area contributed by atoms with Crippen LogP contribution in [0.1, 0.15) is 0 Å². The van der Waals surface area contributed by atoms with Crippen molar-refractivity contribution in [2.75, 3.05) is 12.5 Å². The molecule has 0 saturated carbocycles. The number of nitrogens with zero attached hydrogens (tertiary/aromatic N) is 4. The Kier molecular flexibility index (Phi) is 2.00. The van der Waals surface area contributed by atoms with Gasteiger partial charge in [-0.05, 0) is 12.5 Å². The van der Waals surface area contributed by atoms with E-state index in [1.165, 1.54) is 0 Å². The number of thioether (sulfide) groups is 2. The summed E-state index contributed by atoms with van der Waals surface area (Å²) in [5.74, 6) is -1.01. The van der Waals surface area contributed by atoms with Crippen molar-refractivity contribution >= 4 is 35.3 Å². The quantitative estimate of drug-likeness (QED) is 0.710. The van der Waals surface area contributed by atoms with E-state index in [1.54, 1.807) is 12.5 Å². The van der Waals surface area contributed by atoms with Gasteiger partial charge in [-0.1, -0.05) is 0 Å². The average Bonchev–Trinajstić information content (AvgIpc) is 2.64. The van der Waals surface area contributed by atoms with Crippen LogP contribution in [0.2, 0.25) is 0 Å². The molecule has 2 heterocycles. The maximum Gasteiger partial charge on any atom is 0.308 e. The van der Waals surface area contributed by atoms with Crippen LogP contribution in [0.15, 0.2) is 20.5 Å². The van der Waals surface area contributed by atoms with Gasteiger partial charge < -0.3 is 0 Å². The summed E-state index contributed by atoms with van der Waals surface area (Å²) in [6, 6.07) is 0. The summed E-state index contributed by atoms with van der Waals surface area (Å²) in [6.07, 6.45) is 3.38. The summed E-state index contributed by atoms with van der Waals surface area (Å²) in [7, 11) is 0. The topological polar surface area (TPSA) is 83.6 Å². The van der Waals surface area contributed by atoms with Crippen LogP contribution >= 0.6 is 23.5 Å². The lowest BCUT2D eigenvalue weighted by molar-refractivity contribution is -0.122. The summed E-state index contributed by atoms with van der Waals surface area (Å²) in [4.78, 5) is 20.5. The molecule has 0 bridgehead atoms. The number of amides is 2. The first-order valence-electron chi connectivity index (χ1n) is 3.68. The molecule has 6 nitrogen and oxygen atoms in total. The highest BCUT2D eigenvalue weighted by Crippen LogP contribution is 2.54. The standard InChI is InChI=1S/C6H6N4O2S2/c1-13-5-3(11)7-10-6(5,14-2)4(12)8-9-5/h1-2H3. The summed E-state index contributed by atoms with van der Waals surface area (Å²) in [5, 5.41) is 14.3. The molecule has 8 heteroatoms. The Labute approximate surface area is 88.0 Å². The number of azo groups is 2. The number of hydrogen-bond donors (Lipinski definition) is 0. The van der Waals surface area contributed by atoms with Crippen molar-refractivity contribution in [1.29, 1.82) is 0 Å². The molecule has 0 aromatic carbocycles. The molecule has 2 aliphatic rings. The van der Waals surface area contributed by atoms with E-state index in [1.807, 2.05) is 0 Å². The average molecular weight is 230 g/mol. The molecule has 0 fully saturated rings. The van der Waals surface area contributed by atoms with Crippen molar-refractivity contribution in [2.45, 2.75) is 9.74 Å². The van der Waals surface area contributed by atoms with E-state index in [0.717, 1.165) is 23.5 Å². The van der Waals surface area contributed by atoms with E-state index in [0.29, 0.717) is 0 Å². The fraction of sp³-hybridized carbons (Fsp3) is 0.667. The van der Waals surface area contributed by atoms with Gasteiger partial charge in [-0.15, -0.1) is 33.8 Å². The highest BCUT2D eigenvalue weighted by molar-refractivity contribution is 8.05. The van der Waals surface area contributed by atoms with E-state index in [9.17, 15) is 9.59 Å². The van der Waals surface area contributed by atoms with Crippen LogP contribution in [-0.4, -0.2) is 34.1 Å². The van der Waals surface area contributed by atoms with Crippen molar-refractivity contribution < 1.29 is 9.59 Å². The zero-order valence-corrected chi connectivity index (χ0v) is 9.05. The molecule has 0 N–H and O–H groups in total. The SMILES string of the molecule is CSC12N=NC(=O)C1(SC)N=NC2=O. The second-order valence-corrected chi connectivity index (χ2v) is 4.70. The third-order valence-electron chi connectivity index (χ3n) is 2.19. The summed E-state index contributed by atoms with van der Waals surface area (Å²) >= 11 is 2.29. The number of carbonyl (C=O) groups excluding carboxylic acids is 2. The van der Waals surface area contributed by atoms with Crippen molar-refractivity contribution in [3.05, 3.63) is 0 Å². The normalized spacial score (nSPS) is 39.6. The van der Waals surface area contributed by atoms with Crippen LogP contribution in [0, 0.1) is 0 Å². The Morgan fingerprint density at radius 3 is 1.57 bits per heavy atom. The third-order valence-corrected chi connectivity index (χ3v) is 4.61. The van der Waals surface area contributed by atoms with Crippen LogP contribution in [-0.2, 0) is 9.59 Å². The first-order chi connectivity index (χ1) is 6.63. The predicted octanol–water partition coefficient (Wildman–Crippen LogP) is 1.09. The Morgan fingerprint density at radius 1 is 0.929 bits per heavy atom. The van der Waals surface area contributed by atoms with Gasteiger partial charge in [0.05, 0.1) is 0 Å². The summed E-state index contributed by atoms with van der Waals surface area (Å²) < 4.78 is 0. The lowest BCUT2D eigenvalue weighted by atomic mass is 10.1. The molecule has 2 unspecified atom stereocenters. The molecule has 14 heavy (non-hydrogen) atoms. The van der Waals surface area contributed by atoms with Crippen LogP contribution in [0.5, 0.6) is 0 Å². The number of rotatable bonds is 2. The minimum Gasteiger partial charge on any atom is -0.267 e. The minimum atomic E-state index is -1.26. The maximum absolute atomic E-state index is 11.5. The second-order valence-electron chi connectivity index (χ2n) is 2.71. The molecule has 2 rings (SSSR count). The predicted molar refractivity (Wildman–Crippen MR) is 52.2 cm³/mol. The molecule has 0 radical (unpaired) electrons. The highest BCUT2D eigenvalue weighted by atomic mass is 32.2. The number of fused-ring (bicyclic) bond motifs is 1. The number of carbonyl (C=O) groups is 2. The van der Waals surface area contributed by atoms with E-state index < -0.39 is 21.6 Å². The molecule has 0 saturated heterocycles. The van der Waals surface area contributed by atoms with Crippen LogP contribution in [0.4, 0.5) is 0 Å². The Balaban J connectivity index is 2.61. The molecule has 2 aliphatic heterocycles. The van der Waals surface area contributed by atoms with E-state index in [2.05, 4.69) is 20.5 Å². The monoisotopic (exact) mass is 230 g/mol. The second kappa shape index (κ2) is 2.86. The molecule has 0 aliphatic carbocycles. The molecule has 0 spiro atoms. The lowest BCUT2D eigenvalue weighted by Gasteiger charge is -2.25. The van der Waals surface area contributed by atoms with Gasteiger partial charge in [-0.25, -0.2) is 0 Å². The lowest BCUT2D eigenvalue weighted by Crippen LogP contribution is -2.48. The Bertz CT molecular complexity index is 346. The van der Waals surface area contributed by atoms with Crippen LogP contribution < -0.4 is 0 Å². The van der Waals surface area contributed by atoms with Crippen molar-refractivity contribution in [1.82, 2.24) is 0 Å².